The maximum atomic E-state index is 6.50. The van der Waals surface area contributed by atoms with Crippen LogP contribution in [0.4, 0.5) is 0 Å². The van der Waals surface area contributed by atoms with E-state index in [4.69, 9.17) is 5.21 Å². The van der Waals surface area contributed by atoms with Crippen molar-refractivity contribution in [1.82, 2.24) is 0 Å². The number of benzene rings is 1. The van der Waals surface area contributed by atoms with Crippen molar-refractivity contribution in [2.75, 3.05) is 0 Å². The van der Waals surface area contributed by atoms with Gasteiger partial charge in [0.2, 0.25) is 0 Å². The number of hydrogen-bond donors (Lipinski definition) is 2. The molecule has 2 aliphatic carbocycles. The van der Waals surface area contributed by atoms with Gasteiger partial charge in [-0.25, -0.2) is 5.90 Å². The molecule has 0 amide bonds. The maximum Gasteiger partial charge on any atom is -0.00256 e. The molecule has 0 saturated carbocycles. The Balaban J connectivity index is 0.000000186. The van der Waals surface area contributed by atoms with E-state index in [1.54, 1.807) is 0 Å². The summed E-state index contributed by atoms with van der Waals surface area (Å²) in [6.45, 7) is 0. The van der Waals surface area contributed by atoms with Crippen LogP contribution < -0.4 is 5.90 Å². The van der Waals surface area contributed by atoms with Gasteiger partial charge in [-0.2, -0.15) is 0 Å². The topological polar surface area (TPSA) is 46.2 Å². The van der Waals surface area contributed by atoms with Gasteiger partial charge in [0, 0.05) is 0 Å². The first-order valence-corrected chi connectivity index (χ1v) is 2.79. The minimum absolute atomic E-state index is 1.22. The van der Waals surface area contributed by atoms with Crippen LogP contribution in [0.1, 0.15) is 11.1 Å². The summed E-state index contributed by atoms with van der Waals surface area (Å²) in [4.78, 5) is 0. The number of fused-ring (bicyclic) bond motifs is 2. The van der Waals surface area contributed by atoms with E-state index in [-0.39, 0.29) is 0 Å². The zero-order valence-electron chi connectivity index (χ0n) is 5.04. The lowest BCUT2D eigenvalue weighted by Gasteiger charge is -2.11. The van der Waals surface area contributed by atoms with Gasteiger partial charge in [0.15, 0.2) is 0 Å². The molecule has 1 aromatic rings. The van der Waals surface area contributed by atoms with E-state index in [2.05, 4.69) is 30.2 Å². The normalized spacial score (nSPS) is 10.9. The van der Waals surface area contributed by atoms with Crippen molar-refractivity contribution < 1.29 is 5.21 Å². The smallest absolute Gasteiger partial charge is 0.00256 e. The SMILES string of the molecule is NO.c1cc2cc(c1)C2. The highest BCUT2D eigenvalue weighted by Gasteiger charge is 2.04. The summed E-state index contributed by atoms with van der Waals surface area (Å²) in [5.41, 5.74) is 2.97. The lowest BCUT2D eigenvalue weighted by Crippen LogP contribution is -1.97. The molecule has 2 bridgehead atoms. The van der Waals surface area contributed by atoms with Crippen LogP contribution in [0.5, 0.6) is 0 Å². The fourth-order valence-corrected chi connectivity index (χ4v) is 0.954. The summed E-state index contributed by atoms with van der Waals surface area (Å²) >= 11 is 0. The van der Waals surface area contributed by atoms with Crippen LogP contribution in [-0.4, -0.2) is 5.21 Å². The first-order valence-electron chi connectivity index (χ1n) is 2.79. The lowest BCUT2D eigenvalue weighted by molar-refractivity contribution is 0.311. The van der Waals surface area contributed by atoms with Crippen molar-refractivity contribution in [2.45, 2.75) is 6.42 Å². The van der Waals surface area contributed by atoms with Crippen molar-refractivity contribution in [2.24, 2.45) is 5.90 Å². The molecule has 0 unspecified atom stereocenters. The molecule has 2 nitrogen and oxygen atoms in total. The van der Waals surface area contributed by atoms with Gasteiger partial charge in [0.1, 0.15) is 0 Å². The van der Waals surface area contributed by atoms with Crippen molar-refractivity contribution in [1.29, 1.82) is 0 Å². The van der Waals surface area contributed by atoms with Crippen molar-refractivity contribution in [3.8, 4) is 0 Å². The third-order valence-corrected chi connectivity index (χ3v) is 1.40. The largest absolute Gasteiger partial charge is 0.320 e. The fraction of sp³-hybridized carbons (Fsp3) is 0.143. The molecule has 0 heterocycles. The van der Waals surface area contributed by atoms with Crippen molar-refractivity contribution >= 4 is 0 Å². The Morgan fingerprint density at radius 2 is 1.67 bits per heavy atom. The van der Waals surface area contributed by atoms with Crippen molar-refractivity contribution in [3.63, 3.8) is 0 Å². The Hall–Kier alpha value is -0.860. The Labute approximate surface area is 53.9 Å². The molecule has 0 saturated heterocycles. The van der Waals surface area contributed by atoms with E-state index in [0.717, 1.165) is 0 Å². The van der Waals surface area contributed by atoms with Crippen LogP contribution in [0.3, 0.4) is 0 Å². The van der Waals surface area contributed by atoms with Crippen molar-refractivity contribution in [3.05, 3.63) is 35.4 Å². The summed E-state index contributed by atoms with van der Waals surface area (Å²) < 4.78 is 0. The Bertz CT molecular complexity index is 173. The minimum Gasteiger partial charge on any atom is -0.320 e. The zero-order valence-corrected chi connectivity index (χ0v) is 5.04. The van der Waals surface area contributed by atoms with E-state index in [1.165, 1.54) is 17.5 Å². The number of rotatable bonds is 0. The third kappa shape index (κ3) is 1.09. The summed E-state index contributed by atoms with van der Waals surface area (Å²) in [6.07, 6.45) is 1.22. The van der Waals surface area contributed by atoms with Crippen LogP contribution in [0.15, 0.2) is 24.3 Å². The molecular weight excluding hydrogens is 114 g/mol. The Morgan fingerprint density at radius 3 is 1.78 bits per heavy atom. The Kier molecular flexibility index (Phi) is 1.82. The summed E-state index contributed by atoms with van der Waals surface area (Å²) in [7, 11) is 0. The third-order valence-electron chi connectivity index (χ3n) is 1.40. The van der Waals surface area contributed by atoms with Crippen LogP contribution in [-0.2, 0) is 6.42 Å². The van der Waals surface area contributed by atoms with Crippen LogP contribution >= 0.6 is 0 Å². The molecule has 0 aromatic heterocycles. The first-order chi connectivity index (χ1) is 4.45. The van der Waals surface area contributed by atoms with E-state index >= 15 is 0 Å². The molecular formula is C7H9NO. The highest BCUT2D eigenvalue weighted by Crippen LogP contribution is 2.18. The highest BCUT2D eigenvalue weighted by atomic mass is 16.4. The molecule has 1 aromatic carbocycles. The summed E-state index contributed by atoms with van der Waals surface area (Å²) in [6, 6.07) is 8.65. The van der Waals surface area contributed by atoms with E-state index in [0.29, 0.717) is 0 Å². The van der Waals surface area contributed by atoms with Gasteiger partial charge in [-0.1, -0.05) is 24.3 Å². The highest BCUT2D eigenvalue weighted by molar-refractivity contribution is 5.37. The average molecular weight is 123 g/mol. The van der Waals surface area contributed by atoms with E-state index in [9.17, 15) is 0 Å². The quantitative estimate of drug-likeness (QED) is 0.512. The lowest BCUT2D eigenvalue weighted by atomic mass is 9.94. The molecule has 3 N–H and O–H groups in total. The zero-order chi connectivity index (χ0) is 6.69. The molecule has 0 fully saturated rings. The molecule has 0 spiro atoms. The standard InChI is InChI=1S/C7H6.H3NO/c1-2-6-4-7(3-1)5-6;1-2/h1-4H,5H2;2H,1H2. The van der Waals surface area contributed by atoms with Gasteiger partial charge in [0.25, 0.3) is 0 Å². The van der Waals surface area contributed by atoms with Gasteiger partial charge in [-0.15, -0.1) is 0 Å². The van der Waals surface area contributed by atoms with E-state index < -0.39 is 0 Å². The fourth-order valence-electron chi connectivity index (χ4n) is 0.954. The molecule has 48 valence electrons. The predicted molar refractivity (Wildman–Crippen MR) is 35.2 cm³/mol. The number of hydrogen-bond acceptors (Lipinski definition) is 2. The molecule has 2 aliphatic rings. The van der Waals surface area contributed by atoms with Gasteiger partial charge in [0.05, 0.1) is 0 Å². The maximum absolute atomic E-state index is 6.50. The first kappa shape index (κ1) is 6.26. The molecule has 2 heteroatoms. The minimum atomic E-state index is 1.22. The van der Waals surface area contributed by atoms with Crippen LogP contribution in [0.25, 0.3) is 0 Å². The van der Waals surface area contributed by atoms with Gasteiger partial charge in [-0.3, -0.25) is 0 Å². The second-order valence-corrected chi connectivity index (χ2v) is 2.00. The van der Waals surface area contributed by atoms with Crippen LogP contribution in [0.2, 0.25) is 0 Å². The van der Waals surface area contributed by atoms with Gasteiger partial charge in [-0.05, 0) is 17.5 Å². The van der Waals surface area contributed by atoms with Gasteiger partial charge < -0.3 is 5.21 Å². The second-order valence-electron chi connectivity index (χ2n) is 2.00. The Morgan fingerprint density at radius 1 is 1.22 bits per heavy atom. The summed E-state index contributed by atoms with van der Waals surface area (Å²) in [5, 5.41) is 6.50. The van der Waals surface area contributed by atoms with Gasteiger partial charge >= 0.3 is 0 Å². The predicted octanol–water partition coefficient (Wildman–Crippen LogP) is 0.925. The second kappa shape index (κ2) is 2.62. The molecule has 0 atom stereocenters. The summed E-state index contributed by atoms with van der Waals surface area (Å²) in [5.74, 6) is 3.50. The van der Waals surface area contributed by atoms with E-state index in [1.807, 2.05) is 0 Å². The molecule has 0 radical (unpaired) electrons. The molecule has 3 rings (SSSR count). The van der Waals surface area contributed by atoms with Crippen LogP contribution in [0, 0.1) is 0 Å². The molecule has 9 heavy (non-hydrogen) atoms. The average Bonchev–Trinajstić information content (AvgIpc) is 1.93. The molecule has 0 aliphatic heterocycles. The monoisotopic (exact) mass is 123 g/mol. The number of nitrogens with two attached hydrogens (primary N) is 1.